The van der Waals surface area contributed by atoms with Crippen LogP contribution in [-0.4, -0.2) is 46.4 Å². The van der Waals surface area contributed by atoms with E-state index in [-0.39, 0.29) is 17.2 Å². The van der Waals surface area contributed by atoms with Gasteiger partial charge in [0.2, 0.25) is 16.0 Å². The number of aryl methyl sites for hydroxylation is 1. The zero-order chi connectivity index (χ0) is 24.8. The van der Waals surface area contributed by atoms with Crippen LogP contribution in [0.15, 0.2) is 76.4 Å². The first-order valence-corrected chi connectivity index (χ1v) is 13.3. The van der Waals surface area contributed by atoms with Crippen LogP contribution in [0.5, 0.6) is 5.75 Å². The molecule has 4 rings (SSSR count). The molecule has 0 saturated heterocycles. The van der Waals surface area contributed by atoms with E-state index in [0.717, 1.165) is 21.3 Å². The molecule has 0 bridgehead atoms. The van der Waals surface area contributed by atoms with Crippen molar-refractivity contribution in [2.45, 2.75) is 24.8 Å². The Morgan fingerprint density at radius 2 is 1.89 bits per heavy atom. The molecule has 0 fully saturated rings. The summed E-state index contributed by atoms with van der Waals surface area (Å²) in [6.45, 7) is 3.45. The van der Waals surface area contributed by atoms with E-state index < -0.39 is 10.0 Å². The molecule has 0 radical (unpaired) electrons. The van der Waals surface area contributed by atoms with Crippen LogP contribution >= 0.6 is 15.9 Å². The fourth-order valence-electron chi connectivity index (χ4n) is 3.42. The molecule has 9 nitrogen and oxygen atoms in total. The third-order valence-electron chi connectivity index (χ3n) is 5.19. The first-order valence-electron chi connectivity index (χ1n) is 11.0. The zero-order valence-electron chi connectivity index (χ0n) is 19.0. The minimum absolute atomic E-state index is 0.167. The maximum Gasteiger partial charge on any atom is 0.240 e. The lowest BCUT2D eigenvalue weighted by Gasteiger charge is -2.09. The van der Waals surface area contributed by atoms with Gasteiger partial charge in [-0.2, -0.15) is 5.10 Å². The Morgan fingerprint density at radius 3 is 2.63 bits per heavy atom. The van der Waals surface area contributed by atoms with E-state index in [1.54, 1.807) is 54.7 Å². The van der Waals surface area contributed by atoms with Crippen molar-refractivity contribution in [2.24, 2.45) is 0 Å². The van der Waals surface area contributed by atoms with Crippen molar-refractivity contribution >= 4 is 31.9 Å². The van der Waals surface area contributed by atoms with Gasteiger partial charge in [-0.25, -0.2) is 23.1 Å². The van der Waals surface area contributed by atoms with Crippen LogP contribution in [0, 0.1) is 0 Å². The molecule has 4 aromatic rings. The Hall–Kier alpha value is -3.28. The van der Waals surface area contributed by atoms with Gasteiger partial charge in [0.15, 0.2) is 0 Å². The number of phenols is 1. The fourth-order valence-corrected chi connectivity index (χ4v) is 4.76. The molecule has 2 aromatic heterocycles. The lowest BCUT2D eigenvalue weighted by atomic mass is 10.1. The highest BCUT2D eigenvalue weighted by Gasteiger charge is 2.16. The number of nitrogens with zero attached hydrogens (tertiary/aromatic N) is 4. The number of hydrogen-bond acceptors (Lipinski definition) is 7. The van der Waals surface area contributed by atoms with Crippen LogP contribution in [-0.2, 0) is 16.6 Å². The number of sulfonamides is 1. The predicted molar refractivity (Wildman–Crippen MR) is 138 cm³/mol. The van der Waals surface area contributed by atoms with Gasteiger partial charge < -0.3 is 10.4 Å². The molecule has 0 aliphatic heterocycles. The van der Waals surface area contributed by atoms with Crippen molar-refractivity contribution in [3.8, 4) is 28.3 Å². The summed E-state index contributed by atoms with van der Waals surface area (Å²) in [5, 5.41) is 17.7. The van der Waals surface area contributed by atoms with E-state index in [0.29, 0.717) is 31.2 Å². The van der Waals surface area contributed by atoms with E-state index in [1.807, 2.05) is 23.9 Å². The van der Waals surface area contributed by atoms with Crippen LogP contribution in [0.3, 0.4) is 0 Å². The second-order valence-electron chi connectivity index (χ2n) is 7.69. The summed E-state index contributed by atoms with van der Waals surface area (Å²) >= 11 is 3.30. The predicted octanol–water partition coefficient (Wildman–Crippen LogP) is 4.28. The highest BCUT2D eigenvalue weighted by Crippen LogP contribution is 2.31. The maximum atomic E-state index is 12.4. The highest BCUT2D eigenvalue weighted by atomic mass is 79.9. The number of halogens is 1. The number of phenolic OH excluding ortho intramolecular Hbond substituents is 1. The van der Waals surface area contributed by atoms with E-state index in [2.05, 4.69) is 41.0 Å². The van der Waals surface area contributed by atoms with Crippen LogP contribution in [0.2, 0.25) is 0 Å². The largest absolute Gasteiger partial charge is 0.508 e. The molecule has 3 N–H and O–H groups in total. The van der Waals surface area contributed by atoms with Crippen molar-refractivity contribution < 1.29 is 13.5 Å². The molecule has 35 heavy (non-hydrogen) atoms. The van der Waals surface area contributed by atoms with Crippen LogP contribution in [0.1, 0.15) is 13.3 Å². The average Bonchev–Trinajstić information content (AvgIpc) is 3.29. The summed E-state index contributed by atoms with van der Waals surface area (Å²) in [6.07, 6.45) is 4.13. The number of benzene rings is 2. The SMILES string of the molecule is CCn1cc(-c2ccnc(NCCCNS(=O)(=O)c3ccc(Br)cc3)n2)c(-c2cccc(O)c2)n1. The normalized spacial score (nSPS) is 11.5. The second-order valence-corrected chi connectivity index (χ2v) is 10.4. The number of nitrogens with one attached hydrogen (secondary N) is 2. The quantitative estimate of drug-likeness (QED) is 0.249. The molecule has 2 heterocycles. The van der Waals surface area contributed by atoms with Gasteiger partial charge in [0.1, 0.15) is 11.4 Å². The van der Waals surface area contributed by atoms with Crippen LogP contribution in [0.4, 0.5) is 5.95 Å². The standard InChI is InChI=1S/C24H25BrN6O3S/c1-2-31-16-21(23(30-31)17-5-3-6-19(32)15-17)22-11-14-27-24(29-22)26-12-4-13-28-35(33,34)20-9-7-18(25)8-10-20/h3,5-11,14-16,28,32H,2,4,12-13H2,1H3,(H,26,27,29). The molecule has 0 atom stereocenters. The van der Waals surface area contributed by atoms with Gasteiger partial charge in [-0.1, -0.05) is 28.1 Å². The third-order valence-corrected chi connectivity index (χ3v) is 7.20. The first-order chi connectivity index (χ1) is 16.9. The molecule has 0 amide bonds. The Balaban J connectivity index is 1.40. The van der Waals surface area contributed by atoms with Gasteiger partial charge in [-0.05, 0) is 55.8 Å². The average molecular weight is 557 g/mol. The number of hydrogen-bond donors (Lipinski definition) is 3. The van der Waals surface area contributed by atoms with E-state index in [1.165, 1.54) is 0 Å². The molecular weight excluding hydrogens is 532 g/mol. The summed E-state index contributed by atoms with van der Waals surface area (Å²) < 4.78 is 30.0. The lowest BCUT2D eigenvalue weighted by Crippen LogP contribution is -2.26. The Labute approximate surface area is 212 Å². The second kappa shape index (κ2) is 11.0. The van der Waals surface area contributed by atoms with Gasteiger partial charge in [0, 0.05) is 47.6 Å². The third kappa shape index (κ3) is 6.24. The molecule has 182 valence electrons. The number of aromatic nitrogens is 4. The molecule has 0 unspecified atom stereocenters. The van der Waals surface area contributed by atoms with Crippen molar-refractivity contribution in [1.82, 2.24) is 24.5 Å². The number of rotatable bonds is 10. The minimum atomic E-state index is -3.56. The van der Waals surface area contributed by atoms with Gasteiger partial charge in [-0.15, -0.1) is 0 Å². The van der Waals surface area contributed by atoms with Crippen LogP contribution in [0.25, 0.3) is 22.5 Å². The Morgan fingerprint density at radius 1 is 1.09 bits per heavy atom. The van der Waals surface area contributed by atoms with Crippen molar-refractivity contribution in [3.63, 3.8) is 0 Å². The Bertz CT molecular complexity index is 1410. The van der Waals surface area contributed by atoms with E-state index >= 15 is 0 Å². The minimum Gasteiger partial charge on any atom is -0.508 e. The first kappa shape index (κ1) is 24.8. The highest BCUT2D eigenvalue weighted by molar-refractivity contribution is 9.10. The zero-order valence-corrected chi connectivity index (χ0v) is 21.4. The topological polar surface area (TPSA) is 122 Å². The van der Waals surface area contributed by atoms with Crippen molar-refractivity contribution in [3.05, 3.63) is 71.5 Å². The number of anilines is 1. The van der Waals surface area contributed by atoms with Crippen molar-refractivity contribution in [1.29, 1.82) is 0 Å². The molecule has 0 saturated carbocycles. The summed E-state index contributed by atoms with van der Waals surface area (Å²) in [5.41, 5.74) is 3.02. The van der Waals surface area contributed by atoms with E-state index in [4.69, 9.17) is 0 Å². The summed E-state index contributed by atoms with van der Waals surface area (Å²) in [6, 6.07) is 15.2. The fraction of sp³-hybridized carbons (Fsp3) is 0.208. The van der Waals surface area contributed by atoms with Crippen LogP contribution < -0.4 is 10.0 Å². The molecule has 0 aliphatic rings. The van der Waals surface area contributed by atoms with Gasteiger partial charge in [0.05, 0.1) is 10.6 Å². The molecule has 11 heteroatoms. The maximum absolute atomic E-state index is 12.4. The van der Waals surface area contributed by atoms with E-state index in [9.17, 15) is 13.5 Å². The molecule has 0 spiro atoms. The lowest BCUT2D eigenvalue weighted by molar-refractivity contribution is 0.475. The number of aromatic hydroxyl groups is 1. The summed E-state index contributed by atoms with van der Waals surface area (Å²) in [5.74, 6) is 0.602. The Kier molecular flexibility index (Phi) is 7.79. The molecule has 0 aliphatic carbocycles. The summed E-state index contributed by atoms with van der Waals surface area (Å²) in [7, 11) is -3.56. The molecule has 2 aromatic carbocycles. The summed E-state index contributed by atoms with van der Waals surface area (Å²) in [4.78, 5) is 9.12. The molecular formula is C24H25BrN6O3S. The van der Waals surface area contributed by atoms with Gasteiger partial charge >= 0.3 is 0 Å². The van der Waals surface area contributed by atoms with Gasteiger partial charge in [0.25, 0.3) is 0 Å². The smallest absolute Gasteiger partial charge is 0.240 e. The van der Waals surface area contributed by atoms with Crippen molar-refractivity contribution in [2.75, 3.05) is 18.4 Å². The monoisotopic (exact) mass is 556 g/mol. The van der Waals surface area contributed by atoms with Gasteiger partial charge in [-0.3, -0.25) is 4.68 Å².